The molecule has 3 fully saturated rings. The molecular weight excluding hydrogens is 852 g/mol. The molecule has 2 unspecified atom stereocenters. The summed E-state index contributed by atoms with van der Waals surface area (Å²) in [6, 6.07) is 24.8. The number of likely N-dealkylation sites (N-methyl/N-ethyl adjacent to an activating group) is 2. The Morgan fingerprint density at radius 3 is 1.67 bits per heavy atom. The third-order valence-electron chi connectivity index (χ3n) is 14.1. The highest BCUT2D eigenvalue weighted by molar-refractivity contribution is 6.30. The summed E-state index contributed by atoms with van der Waals surface area (Å²) < 4.78 is 10.8. The van der Waals surface area contributed by atoms with E-state index >= 15 is 0 Å². The number of carbonyl (C=O) groups is 4. The maximum Gasteiger partial charge on any atom is 0.223 e. The highest BCUT2D eigenvalue weighted by Crippen LogP contribution is 2.37. The van der Waals surface area contributed by atoms with E-state index in [2.05, 4.69) is 97.3 Å². The normalized spacial score (nSPS) is 24.2. The minimum Gasteiger partial charge on any atom is -0.497 e. The first-order chi connectivity index (χ1) is 31.5. The van der Waals surface area contributed by atoms with E-state index in [0.717, 1.165) is 80.5 Å². The summed E-state index contributed by atoms with van der Waals surface area (Å²) in [7, 11) is 10.2. The van der Waals surface area contributed by atoms with E-state index in [0.29, 0.717) is 19.6 Å². The van der Waals surface area contributed by atoms with Gasteiger partial charge in [0.15, 0.2) is 0 Å². The average molecular weight is 930 g/mol. The topological polar surface area (TPSA) is 133 Å². The molecule has 3 aliphatic rings. The van der Waals surface area contributed by atoms with Crippen LogP contribution < -0.4 is 20.7 Å². The van der Waals surface area contributed by atoms with Crippen molar-refractivity contribution in [2.24, 2.45) is 0 Å². The third-order valence-corrected chi connectivity index (χ3v) is 14.3. The molecule has 362 valence electrons. The molecule has 6 rings (SSSR count). The minimum absolute atomic E-state index is 0.0206. The van der Waals surface area contributed by atoms with Crippen LogP contribution in [0.15, 0.2) is 72.8 Å². The van der Waals surface area contributed by atoms with Crippen LogP contribution in [-0.2, 0) is 43.3 Å². The standard InChI is InChI=1S/C28H39N3O3.C25H38ClN3O3/c1-21-6-5-7-23(18-21)19-28(31(2)3)16-14-24(15-17-28)30-27(33)13-12-26(32)29-20-22-8-10-25(34-4)11-9-22;1-18-16-29(17-19(2)32-18)24(31)10-9-23(30)27-22-11-13-25(14-12-22,28(3)4)15-20-5-7-21(26)8-6-20/h5-11,18,24H,12-17,19-20H2,1-4H3,(H,29,32)(H,30,33);5-8,18-19,22H,9-17H2,1-4H3,(H,27,30). The fourth-order valence-electron chi connectivity index (χ4n) is 9.97. The van der Waals surface area contributed by atoms with Gasteiger partial charge >= 0.3 is 0 Å². The van der Waals surface area contributed by atoms with E-state index in [1.54, 1.807) is 7.11 Å². The fraction of sp³-hybridized carbons (Fsp3) is 0.585. The van der Waals surface area contributed by atoms with Crippen LogP contribution in [0.1, 0.15) is 113 Å². The summed E-state index contributed by atoms with van der Waals surface area (Å²) in [6.07, 6.45) is 11.0. The zero-order chi connectivity index (χ0) is 47.9. The molecule has 13 heteroatoms. The number of hydrogen-bond donors (Lipinski definition) is 3. The predicted molar refractivity (Wildman–Crippen MR) is 264 cm³/mol. The van der Waals surface area contributed by atoms with Gasteiger partial charge in [-0.2, -0.15) is 0 Å². The number of halogens is 1. The van der Waals surface area contributed by atoms with Gasteiger partial charge in [-0.25, -0.2) is 0 Å². The van der Waals surface area contributed by atoms with Crippen LogP contribution in [0.2, 0.25) is 5.02 Å². The summed E-state index contributed by atoms with van der Waals surface area (Å²) in [6.45, 7) is 7.75. The lowest BCUT2D eigenvalue weighted by Gasteiger charge is -2.45. The molecule has 2 saturated carbocycles. The Labute approximate surface area is 399 Å². The molecule has 0 aromatic heterocycles. The van der Waals surface area contributed by atoms with Gasteiger partial charge < -0.3 is 40.1 Å². The largest absolute Gasteiger partial charge is 0.497 e. The number of rotatable bonds is 17. The van der Waals surface area contributed by atoms with Gasteiger partial charge in [-0.1, -0.05) is 65.7 Å². The number of hydrogen-bond acceptors (Lipinski definition) is 8. The monoisotopic (exact) mass is 929 g/mol. The van der Waals surface area contributed by atoms with E-state index in [1.807, 2.05) is 55.1 Å². The maximum absolute atomic E-state index is 12.5. The van der Waals surface area contributed by atoms with E-state index < -0.39 is 0 Å². The molecule has 12 nitrogen and oxygen atoms in total. The summed E-state index contributed by atoms with van der Waals surface area (Å²) in [5, 5.41) is 9.97. The van der Waals surface area contributed by atoms with Crippen molar-refractivity contribution in [3.63, 3.8) is 0 Å². The van der Waals surface area contributed by atoms with Crippen LogP contribution in [0.25, 0.3) is 0 Å². The average Bonchev–Trinajstić information content (AvgIpc) is 3.29. The number of methoxy groups -OCH3 is 1. The van der Waals surface area contributed by atoms with E-state index in [4.69, 9.17) is 21.1 Å². The Kier molecular flexibility index (Phi) is 19.9. The molecule has 1 heterocycles. The number of carbonyl (C=O) groups excluding carboxylic acids is 4. The molecule has 4 amide bonds. The minimum atomic E-state index is -0.112. The second kappa shape index (κ2) is 25.0. The highest BCUT2D eigenvalue weighted by Gasteiger charge is 2.39. The summed E-state index contributed by atoms with van der Waals surface area (Å²) in [4.78, 5) is 56.2. The second-order valence-corrected chi connectivity index (χ2v) is 20.0. The molecule has 2 atom stereocenters. The van der Waals surface area contributed by atoms with Crippen LogP contribution >= 0.6 is 11.6 Å². The Balaban J connectivity index is 0.000000248. The summed E-state index contributed by atoms with van der Waals surface area (Å²) in [5.74, 6) is 0.653. The van der Waals surface area contributed by atoms with Crippen molar-refractivity contribution in [3.05, 3.63) is 100 Å². The molecule has 0 bridgehead atoms. The van der Waals surface area contributed by atoms with Crippen LogP contribution in [0, 0.1) is 6.92 Å². The molecule has 2 aliphatic carbocycles. The van der Waals surface area contributed by atoms with Crippen LogP contribution in [-0.4, -0.2) is 122 Å². The quantitative estimate of drug-likeness (QED) is 0.126. The van der Waals surface area contributed by atoms with Crippen molar-refractivity contribution in [3.8, 4) is 5.75 Å². The van der Waals surface area contributed by atoms with E-state index in [9.17, 15) is 19.2 Å². The zero-order valence-corrected chi connectivity index (χ0v) is 41.7. The lowest BCUT2D eigenvalue weighted by Crippen LogP contribution is -2.52. The number of aryl methyl sites for hydroxylation is 1. The van der Waals surface area contributed by atoms with E-state index in [-0.39, 0.29) is 84.7 Å². The Morgan fingerprint density at radius 1 is 0.682 bits per heavy atom. The van der Waals surface area contributed by atoms with Crippen LogP contribution in [0.4, 0.5) is 0 Å². The van der Waals surface area contributed by atoms with Crippen molar-refractivity contribution in [1.29, 1.82) is 0 Å². The van der Waals surface area contributed by atoms with Gasteiger partial charge in [0, 0.05) is 73.5 Å². The van der Waals surface area contributed by atoms with Gasteiger partial charge in [-0.15, -0.1) is 0 Å². The molecule has 3 aromatic rings. The predicted octanol–water partition coefficient (Wildman–Crippen LogP) is 7.66. The SMILES string of the molecule is CC1CN(C(=O)CCC(=O)NC2CCC(Cc3ccc(Cl)cc3)(N(C)C)CC2)CC(C)O1.COc1ccc(CNC(=O)CCC(=O)NC2CCC(Cc3cccc(C)c3)(N(C)C)CC2)cc1. The Morgan fingerprint density at radius 2 is 1.17 bits per heavy atom. The van der Waals surface area contributed by atoms with Crippen LogP contribution in [0.3, 0.4) is 0 Å². The fourth-order valence-corrected chi connectivity index (χ4v) is 10.1. The first-order valence-corrected chi connectivity index (χ1v) is 24.4. The van der Waals surface area contributed by atoms with Gasteiger partial charge in [-0.05, 0) is 154 Å². The van der Waals surface area contributed by atoms with Gasteiger partial charge in [0.1, 0.15) is 5.75 Å². The van der Waals surface area contributed by atoms with Gasteiger partial charge in [0.2, 0.25) is 23.6 Å². The first-order valence-electron chi connectivity index (χ1n) is 24.0. The Hall–Kier alpha value is -4.49. The van der Waals surface area contributed by atoms with Crippen LogP contribution in [0.5, 0.6) is 5.75 Å². The molecule has 0 spiro atoms. The summed E-state index contributed by atoms with van der Waals surface area (Å²) in [5.41, 5.74) is 5.16. The second-order valence-electron chi connectivity index (χ2n) is 19.6. The van der Waals surface area contributed by atoms with Crippen molar-refractivity contribution in [1.82, 2.24) is 30.7 Å². The Bertz CT molecular complexity index is 2000. The lowest BCUT2D eigenvalue weighted by atomic mass is 9.74. The van der Waals surface area contributed by atoms with Gasteiger partial charge in [-0.3, -0.25) is 19.2 Å². The zero-order valence-electron chi connectivity index (χ0n) is 40.9. The van der Waals surface area contributed by atoms with Crippen molar-refractivity contribution < 1.29 is 28.7 Å². The van der Waals surface area contributed by atoms with Gasteiger partial charge in [0.05, 0.1) is 19.3 Å². The number of morpholine rings is 1. The maximum atomic E-state index is 12.5. The molecular formula is C53H77ClN6O6. The lowest BCUT2D eigenvalue weighted by molar-refractivity contribution is -0.144. The number of ether oxygens (including phenoxy) is 2. The summed E-state index contributed by atoms with van der Waals surface area (Å²) >= 11 is 6.04. The van der Waals surface area contributed by atoms with Crippen molar-refractivity contribution in [2.75, 3.05) is 48.4 Å². The highest BCUT2D eigenvalue weighted by atomic mass is 35.5. The number of amides is 4. The molecule has 0 radical (unpaired) electrons. The number of nitrogens with zero attached hydrogens (tertiary/aromatic N) is 3. The van der Waals surface area contributed by atoms with Crippen molar-refractivity contribution in [2.45, 2.75) is 153 Å². The number of benzene rings is 3. The molecule has 3 N–H and O–H groups in total. The third kappa shape index (κ3) is 16.1. The van der Waals surface area contributed by atoms with Gasteiger partial charge in [0.25, 0.3) is 0 Å². The molecule has 1 saturated heterocycles. The molecule has 66 heavy (non-hydrogen) atoms. The first kappa shape index (κ1) is 52.5. The van der Waals surface area contributed by atoms with Crippen molar-refractivity contribution >= 4 is 35.2 Å². The van der Waals surface area contributed by atoms with E-state index in [1.165, 1.54) is 16.7 Å². The smallest absolute Gasteiger partial charge is 0.223 e. The number of nitrogens with one attached hydrogen (secondary N) is 3. The molecule has 3 aromatic carbocycles. The molecule has 1 aliphatic heterocycles.